The number of anilines is 1. The zero-order valence-electron chi connectivity index (χ0n) is 10.2. The Hall–Kier alpha value is -1.87. The predicted molar refractivity (Wildman–Crippen MR) is 73.1 cm³/mol. The van der Waals surface area contributed by atoms with Gasteiger partial charge in [-0.25, -0.2) is 4.98 Å². The number of aromatic nitrogens is 1. The first kappa shape index (κ1) is 12.6. The molecule has 0 saturated carbocycles. The molecule has 2 rings (SSSR count). The van der Waals surface area contributed by atoms with E-state index in [1.807, 2.05) is 26.0 Å². The first-order valence-corrected chi connectivity index (χ1v) is 5.95. The molecular weight excluding hydrogens is 248 g/mol. The lowest BCUT2D eigenvalue weighted by Crippen LogP contribution is -2.14. The summed E-state index contributed by atoms with van der Waals surface area (Å²) in [5, 5.41) is 3.34. The van der Waals surface area contributed by atoms with Crippen molar-refractivity contribution >= 4 is 23.3 Å². The zero-order chi connectivity index (χ0) is 13.1. The summed E-state index contributed by atoms with van der Waals surface area (Å²) in [5.41, 5.74) is 2.37. The van der Waals surface area contributed by atoms with Gasteiger partial charge in [-0.2, -0.15) is 0 Å². The summed E-state index contributed by atoms with van der Waals surface area (Å²) < 4.78 is 0. The monoisotopic (exact) mass is 260 g/mol. The van der Waals surface area contributed by atoms with Crippen LogP contribution < -0.4 is 5.32 Å². The van der Waals surface area contributed by atoms with Gasteiger partial charge in [0.15, 0.2) is 0 Å². The van der Waals surface area contributed by atoms with Crippen LogP contribution in [-0.2, 0) is 0 Å². The van der Waals surface area contributed by atoms with Crippen LogP contribution in [0, 0.1) is 13.8 Å². The number of nitrogens with zero attached hydrogens (tertiary/aromatic N) is 1. The predicted octanol–water partition coefficient (Wildman–Crippen LogP) is 3.60. The van der Waals surface area contributed by atoms with Crippen LogP contribution in [0.25, 0.3) is 0 Å². The van der Waals surface area contributed by atoms with E-state index in [9.17, 15) is 4.79 Å². The maximum Gasteiger partial charge on any atom is 0.257 e. The van der Waals surface area contributed by atoms with Crippen molar-refractivity contribution in [2.24, 2.45) is 0 Å². The van der Waals surface area contributed by atoms with Gasteiger partial charge in [0.2, 0.25) is 0 Å². The molecule has 92 valence electrons. The van der Waals surface area contributed by atoms with Gasteiger partial charge >= 0.3 is 0 Å². The number of hydrogen-bond acceptors (Lipinski definition) is 2. The summed E-state index contributed by atoms with van der Waals surface area (Å²) in [4.78, 5) is 16.2. The van der Waals surface area contributed by atoms with Crippen molar-refractivity contribution < 1.29 is 4.79 Å². The largest absolute Gasteiger partial charge is 0.307 e. The Labute approximate surface area is 111 Å². The first-order chi connectivity index (χ1) is 8.58. The standard InChI is InChI=1S/C14H13ClN2O/c1-9-6-7-16-13(8-9)17-14(18)11-4-3-5-12(15)10(11)2/h3-8H,1-2H3,(H,16,17,18). The minimum atomic E-state index is -0.201. The molecule has 1 amide bonds. The highest BCUT2D eigenvalue weighted by Gasteiger charge is 2.11. The van der Waals surface area contributed by atoms with Crippen molar-refractivity contribution in [1.82, 2.24) is 4.98 Å². The SMILES string of the molecule is Cc1ccnc(NC(=O)c2cccc(Cl)c2C)c1. The first-order valence-electron chi connectivity index (χ1n) is 5.57. The Morgan fingerprint density at radius 1 is 1.28 bits per heavy atom. The number of benzene rings is 1. The molecule has 1 heterocycles. The number of nitrogens with one attached hydrogen (secondary N) is 1. The average Bonchev–Trinajstić information content (AvgIpc) is 2.32. The highest BCUT2D eigenvalue weighted by molar-refractivity contribution is 6.32. The Bertz CT molecular complexity index is 596. The topological polar surface area (TPSA) is 42.0 Å². The van der Waals surface area contributed by atoms with E-state index in [-0.39, 0.29) is 5.91 Å². The lowest BCUT2D eigenvalue weighted by molar-refractivity contribution is 0.102. The summed E-state index contributed by atoms with van der Waals surface area (Å²) in [6.07, 6.45) is 1.66. The number of aryl methyl sites for hydroxylation is 1. The van der Waals surface area contributed by atoms with Crippen LogP contribution in [0.15, 0.2) is 36.5 Å². The molecule has 3 nitrogen and oxygen atoms in total. The molecule has 0 saturated heterocycles. The van der Waals surface area contributed by atoms with E-state index in [4.69, 9.17) is 11.6 Å². The summed E-state index contributed by atoms with van der Waals surface area (Å²) in [5.74, 6) is 0.340. The number of amides is 1. The van der Waals surface area contributed by atoms with Crippen LogP contribution in [0.2, 0.25) is 5.02 Å². The Kier molecular flexibility index (Phi) is 3.63. The molecule has 0 spiro atoms. The molecule has 0 fully saturated rings. The zero-order valence-corrected chi connectivity index (χ0v) is 11.0. The number of hydrogen-bond donors (Lipinski definition) is 1. The van der Waals surface area contributed by atoms with Crippen molar-refractivity contribution in [3.05, 3.63) is 58.2 Å². The lowest BCUT2D eigenvalue weighted by atomic mass is 10.1. The molecule has 0 aliphatic rings. The smallest absolute Gasteiger partial charge is 0.257 e. The summed E-state index contributed by atoms with van der Waals surface area (Å²) in [6, 6.07) is 8.96. The fraction of sp³-hybridized carbons (Fsp3) is 0.143. The highest BCUT2D eigenvalue weighted by Crippen LogP contribution is 2.19. The molecule has 2 aromatic rings. The number of pyridine rings is 1. The molecule has 0 bridgehead atoms. The maximum absolute atomic E-state index is 12.1. The van der Waals surface area contributed by atoms with Crippen LogP contribution in [0.3, 0.4) is 0 Å². The van der Waals surface area contributed by atoms with Crippen LogP contribution in [-0.4, -0.2) is 10.9 Å². The molecule has 1 aromatic heterocycles. The Morgan fingerprint density at radius 2 is 2.06 bits per heavy atom. The third-order valence-electron chi connectivity index (χ3n) is 2.67. The highest BCUT2D eigenvalue weighted by atomic mass is 35.5. The molecule has 4 heteroatoms. The molecule has 1 aromatic carbocycles. The fourth-order valence-corrected chi connectivity index (χ4v) is 1.82. The second-order valence-electron chi connectivity index (χ2n) is 4.08. The number of rotatable bonds is 2. The second-order valence-corrected chi connectivity index (χ2v) is 4.49. The maximum atomic E-state index is 12.1. The third kappa shape index (κ3) is 2.68. The third-order valence-corrected chi connectivity index (χ3v) is 3.08. The van der Waals surface area contributed by atoms with Crippen molar-refractivity contribution in [2.75, 3.05) is 5.32 Å². The summed E-state index contributed by atoms with van der Waals surface area (Å²) in [7, 11) is 0. The molecule has 0 unspecified atom stereocenters. The van der Waals surface area contributed by atoms with Gasteiger partial charge in [-0.05, 0) is 49.2 Å². The average molecular weight is 261 g/mol. The summed E-state index contributed by atoms with van der Waals surface area (Å²) in [6.45, 7) is 3.77. The van der Waals surface area contributed by atoms with E-state index in [2.05, 4.69) is 10.3 Å². The van der Waals surface area contributed by atoms with Crippen molar-refractivity contribution in [3.8, 4) is 0 Å². The second kappa shape index (κ2) is 5.19. The van der Waals surface area contributed by atoms with Gasteiger partial charge in [0, 0.05) is 16.8 Å². The van der Waals surface area contributed by atoms with Crippen LogP contribution in [0.4, 0.5) is 5.82 Å². The summed E-state index contributed by atoms with van der Waals surface area (Å²) >= 11 is 5.99. The fourth-order valence-electron chi connectivity index (χ4n) is 1.64. The van der Waals surface area contributed by atoms with E-state index >= 15 is 0 Å². The van der Waals surface area contributed by atoms with Crippen LogP contribution in [0.5, 0.6) is 0 Å². The van der Waals surface area contributed by atoms with Crippen molar-refractivity contribution in [3.63, 3.8) is 0 Å². The molecule has 1 N–H and O–H groups in total. The van der Waals surface area contributed by atoms with E-state index in [1.54, 1.807) is 24.4 Å². The van der Waals surface area contributed by atoms with Gasteiger partial charge < -0.3 is 5.32 Å². The van der Waals surface area contributed by atoms with Gasteiger partial charge in [-0.15, -0.1) is 0 Å². The van der Waals surface area contributed by atoms with Gasteiger partial charge in [-0.3, -0.25) is 4.79 Å². The van der Waals surface area contributed by atoms with Gasteiger partial charge in [0.05, 0.1) is 0 Å². The van der Waals surface area contributed by atoms with Gasteiger partial charge in [0.25, 0.3) is 5.91 Å². The minimum Gasteiger partial charge on any atom is -0.307 e. The number of carbonyl (C=O) groups excluding carboxylic acids is 1. The molecular formula is C14H13ClN2O. The van der Waals surface area contributed by atoms with Crippen molar-refractivity contribution in [1.29, 1.82) is 0 Å². The normalized spacial score (nSPS) is 10.2. The van der Waals surface area contributed by atoms with Crippen LogP contribution in [0.1, 0.15) is 21.5 Å². The molecule has 0 aliphatic carbocycles. The van der Waals surface area contributed by atoms with Gasteiger partial charge in [0.1, 0.15) is 5.82 Å². The molecule has 0 atom stereocenters. The molecule has 0 aliphatic heterocycles. The number of carbonyl (C=O) groups is 1. The van der Waals surface area contributed by atoms with Crippen LogP contribution >= 0.6 is 11.6 Å². The van der Waals surface area contributed by atoms with E-state index in [0.29, 0.717) is 16.4 Å². The van der Waals surface area contributed by atoms with Crippen molar-refractivity contribution in [2.45, 2.75) is 13.8 Å². The van der Waals surface area contributed by atoms with Gasteiger partial charge in [-0.1, -0.05) is 17.7 Å². The Morgan fingerprint density at radius 3 is 2.78 bits per heavy atom. The van der Waals surface area contributed by atoms with E-state index in [0.717, 1.165) is 11.1 Å². The van der Waals surface area contributed by atoms with E-state index in [1.165, 1.54) is 0 Å². The van der Waals surface area contributed by atoms with E-state index < -0.39 is 0 Å². The Balaban J connectivity index is 2.25. The molecule has 0 radical (unpaired) electrons. The lowest BCUT2D eigenvalue weighted by Gasteiger charge is -2.08. The number of halogens is 1. The molecule has 18 heavy (non-hydrogen) atoms. The quantitative estimate of drug-likeness (QED) is 0.896. The minimum absolute atomic E-state index is 0.201.